The quantitative estimate of drug-likeness (QED) is 0.384. The number of allylic oxidation sites excluding steroid dienone is 1. The first-order chi connectivity index (χ1) is 13.8. The maximum atomic E-state index is 12.2. The summed E-state index contributed by atoms with van der Waals surface area (Å²) >= 11 is 0. The number of hydrogen-bond acceptors (Lipinski definition) is 4. The molecule has 28 heavy (non-hydrogen) atoms. The van der Waals surface area contributed by atoms with Gasteiger partial charge >= 0.3 is 5.97 Å². The molecule has 5 nitrogen and oxygen atoms in total. The lowest BCUT2D eigenvalue weighted by Crippen LogP contribution is -2.20. The molecule has 0 spiro atoms. The van der Waals surface area contributed by atoms with Crippen LogP contribution in [0.25, 0.3) is 10.9 Å². The number of aromatic amines is 1. The zero-order valence-electron chi connectivity index (χ0n) is 16.4. The minimum absolute atomic E-state index is 0.0513. The van der Waals surface area contributed by atoms with Crippen molar-refractivity contribution in [3.8, 4) is 0 Å². The van der Waals surface area contributed by atoms with Crippen molar-refractivity contribution in [2.45, 2.75) is 57.5 Å². The third-order valence-electron chi connectivity index (χ3n) is 5.20. The topological polar surface area (TPSA) is 74.7 Å². The van der Waals surface area contributed by atoms with Crippen molar-refractivity contribution in [3.05, 3.63) is 47.7 Å². The second-order valence-corrected chi connectivity index (χ2v) is 7.39. The van der Waals surface area contributed by atoms with Crippen molar-refractivity contribution < 1.29 is 14.6 Å². The summed E-state index contributed by atoms with van der Waals surface area (Å²) in [6.45, 7) is 0.744. The summed E-state index contributed by atoms with van der Waals surface area (Å²) in [5.41, 5.74) is 3.19. The van der Waals surface area contributed by atoms with E-state index in [4.69, 9.17) is 9.84 Å². The van der Waals surface area contributed by atoms with Gasteiger partial charge in [-0.15, -0.1) is 0 Å². The van der Waals surface area contributed by atoms with Crippen LogP contribution in [0, 0.1) is 0 Å². The van der Waals surface area contributed by atoms with Crippen molar-refractivity contribution in [3.63, 3.8) is 0 Å². The highest BCUT2D eigenvalue weighted by Crippen LogP contribution is 2.21. The van der Waals surface area contributed by atoms with Crippen molar-refractivity contribution >= 4 is 23.1 Å². The lowest BCUT2D eigenvalue weighted by atomic mass is 9.98. The fraction of sp³-hybridized carbons (Fsp3) is 0.478. The number of ether oxygens (including phenoxy) is 1. The number of nitrogens with zero attached hydrogens (tertiary/aromatic N) is 1. The number of rotatable bonds is 9. The molecule has 2 N–H and O–H groups in total. The zero-order chi connectivity index (χ0) is 19.6. The van der Waals surface area contributed by atoms with Crippen molar-refractivity contribution in [2.75, 3.05) is 13.2 Å². The number of aliphatic hydroxyl groups is 1. The number of fused-ring (bicyclic) bond motifs is 1. The van der Waals surface area contributed by atoms with E-state index in [9.17, 15) is 4.79 Å². The molecule has 1 fully saturated rings. The van der Waals surface area contributed by atoms with E-state index in [2.05, 4.69) is 22.1 Å². The van der Waals surface area contributed by atoms with E-state index in [-0.39, 0.29) is 18.7 Å². The second-order valence-electron chi connectivity index (χ2n) is 7.39. The summed E-state index contributed by atoms with van der Waals surface area (Å²) in [7, 11) is 0. The van der Waals surface area contributed by atoms with E-state index >= 15 is 0 Å². The molecule has 0 saturated heterocycles. The Morgan fingerprint density at radius 3 is 2.89 bits per heavy atom. The molecular weight excluding hydrogens is 352 g/mol. The molecule has 2 aromatic rings. The predicted molar refractivity (Wildman–Crippen MR) is 113 cm³/mol. The van der Waals surface area contributed by atoms with E-state index in [0.29, 0.717) is 19.4 Å². The highest BCUT2D eigenvalue weighted by molar-refractivity contribution is 5.91. The average molecular weight is 383 g/mol. The lowest BCUT2D eigenvalue weighted by molar-refractivity contribution is -0.144. The molecule has 1 aromatic heterocycles. The Kier molecular flexibility index (Phi) is 7.85. The van der Waals surface area contributed by atoms with Crippen LogP contribution in [0.1, 0.15) is 50.5 Å². The number of carbonyl (C=O) groups is 1. The van der Waals surface area contributed by atoms with E-state index in [1.54, 1.807) is 12.3 Å². The van der Waals surface area contributed by atoms with Crippen LogP contribution in [0.15, 0.2) is 47.1 Å². The molecule has 150 valence electrons. The summed E-state index contributed by atoms with van der Waals surface area (Å²) in [6.07, 6.45) is 12.9. The van der Waals surface area contributed by atoms with E-state index < -0.39 is 0 Å². The summed E-state index contributed by atoms with van der Waals surface area (Å²) in [4.78, 5) is 20.0. The summed E-state index contributed by atoms with van der Waals surface area (Å²) in [5, 5.41) is 10.3. The van der Waals surface area contributed by atoms with Gasteiger partial charge in [-0.25, -0.2) is 4.79 Å². The Morgan fingerprint density at radius 1 is 1.25 bits per heavy atom. The van der Waals surface area contributed by atoms with Crippen LogP contribution in [0.5, 0.6) is 0 Å². The Hall–Kier alpha value is -2.40. The summed E-state index contributed by atoms with van der Waals surface area (Å²) < 4.78 is 5.57. The monoisotopic (exact) mass is 382 g/mol. The highest BCUT2D eigenvalue weighted by atomic mass is 16.5. The maximum absolute atomic E-state index is 12.2. The van der Waals surface area contributed by atoms with Gasteiger partial charge in [-0.1, -0.05) is 24.6 Å². The third kappa shape index (κ3) is 6.06. The molecule has 0 aliphatic heterocycles. The van der Waals surface area contributed by atoms with Gasteiger partial charge < -0.3 is 14.8 Å². The predicted octanol–water partition coefficient (Wildman–Crippen LogP) is 4.36. The lowest BCUT2D eigenvalue weighted by Gasteiger charge is -2.21. The van der Waals surface area contributed by atoms with E-state index in [0.717, 1.165) is 43.2 Å². The van der Waals surface area contributed by atoms with Crippen molar-refractivity contribution in [2.24, 2.45) is 4.99 Å². The van der Waals surface area contributed by atoms with Gasteiger partial charge in [-0.05, 0) is 62.1 Å². The number of hydrogen-bond donors (Lipinski definition) is 2. The van der Waals surface area contributed by atoms with E-state index in [1.807, 2.05) is 18.3 Å². The molecule has 3 rings (SSSR count). The Bertz CT molecular complexity index is 816. The first-order valence-electron chi connectivity index (χ1n) is 10.3. The minimum Gasteiger partial charge on any atom is -0.459 e. The molecule has 1 saturated carbocycles. The average Bonchev–Trinajstić information content (AvgIpc) is 3.13. The van der Waals surface area contributed by atoms with Crippen LogP contribution in [0.3, 0.4) is 0 Å². The molecule has 0 unspecified atom stereocenters. The maximum Gasteiger partial charge on any atom is 0.331 e. The summed E-state index contributed by atoms with van der Waals surface area (Å²) in [5.74, 6) is -0.289. The number of carbonyl (C=O) groups excluding carboxylic acids is 1. The number of aliphatic hydroxyl groups excluding tert-OH is 1. The fourth-order valence-corrected chi connectivity index (χ4v) is 3.70. The van der Waals surface area contributed by atoms with Crippen molar-refractivity contribution in [1.29, 1.82) is 0 Å². The molecular formula is C23H30N2O3. The Morgan fingerprint density at radius 2 is 2.07 bits per heavy atom. The molecule has 1 aromatic carbocycles. The Balaban J connectivity index is 1.55. The van der Waals surface area contributed by atoms with Gasteiger partial charge in [0, 0.05) is 42.5 Å². The van der Waals surface area contributed by atoms with Crippen molar-refractivity contribution in [1.82, 2.24) is 4.98 Å². The number of H-pyrrole nitrogens is 1. The molecule has 0 radical (unpaired) electrons. The Labute approximate surface area is 166 Å². The van der Waals surface area contributed by atoms with Gasteiger partial charge in [0.15, 0.2) is 0 Å². The third-order valence-corrected chi connectivity index (χ3v) is 5.20. The minimum atomic E-state index is -0.289. The number of para-hydroxylation sites is 1. The molecule has 1 heterocycles. The van der Waals surface area contributed by atoms with Crippen LogP contribution in [0.2, 0.25) is 0 Å². The normalized spacial score (nSPS) is 16.1. The van der Waals surface area contributed by atoms with Crippen LogP contribution < -0.4 is 0 Å². The molecule has 0 bridgehead atoms. The van der Waals surface area contributed by atoms with Gasteiger partial charge in [0.25, 0.3) is 0 Å². The summed E-state index contributed by atoms with van der Waals surface area (Å²) in [6, 6.07) is 8.23. The van der Waals surface area contributed by atoms with Crippen LogP contribution in [-0.2, 0) is 16.0 Å². The smallest absolute Gasteiger partial charge is 0.331 e. The van der Waals surface area contributed by atoms with Gasteiger partial charge in [0.05, 0.1) is 0 Å². The molecule has 1 aliphatic rings. The first-order valence-corrected chi connectivity index (χ1v) is 10.3. The largest absolute Gasteiger partial charge is 0.459 e. The molecule has 0 amide bonds. The molecule has 1 aliphatic carbocycles. The van der Waals surface area contributed by atoms with Crippen LogP contribution in [0.4, 0.5) is 0 Å². The van der Waals surface area contributed by atoms with Gasteiger partial charge in [-0.3, -0.25) is 4.99 Å². The highest BCUT2D eigenvalue weighted by Gasteiger charge is 2.16. The molecule has 0 atom stereocenters. The van der Waals surface area contributed by atoms with E-state index in [1.165, 1.54) is 17.4 Å². The fourth-order valence-electron chi connectivity index (χ4n) is 3.70. The standard InChI is InChI=1S/C23H30N2O3/c26-14-6-7-18(15-23(27)28-20-8-2-1-3-9-20)16-24-13-12-19-17-25-22-11-5-4-10-21(19)22/h4-5,10-11,15-17,20,25-26H,1-3,6-9,12-14H2/b18-15+,24-16?. The zero-order valence-corrected chi connectivity index (χ0v) is 16.4. The number of esters is 1. The van der Waals surface area contributed by atoms with Crippen LogP contribution in [-0.4, -0.2) is 41.5 Å². The number of aliphatic imine (C=N–C) groups is 1. The van der Waals surface area contributed by atoms with Gasteiger partial charge in [0.2, 0.25) is 0 Å². The second kappa shape index (κ2) is 10.8. The number of benzene rings is 1. The molecule has 5 heteroatoms. The first kappa shape index (κ1) is 20.3. The number of nitrogens with one attached hydrogen (secondary N) is 1. The van der Waals surface area contributed by atoms with Gasteiger partial charge in [-0.2, -0.15) is 0 Å². The van der Waals surface area contributed by atoms with Crippen LogP contribution >= 0.6 is 0 Å². The van der Waals surface area contributed by atoms with Gasteiger partial charge in [0.1, 0.15) is 6.10 Å². The number of aromatic nitrogens is 1. The SMILES string of the molecule is O=C(/C=C(/C=NCCc1c[nH]c2ccccc12)CCCO)OC1CCCCC1.